The number of imide groups is 1. The van der Waals surface area contributed by atoms with Gasteiger partial charge < -0.3 is 0 Å². The first-order valence-corrected chi connectivity index (χ1v) is 11.9. The van der Waals surface area contributed by atoms with Crippen LogP contribution in [0.5, 0.6) is 0 Å². The summed E-state index contributed by atoms with van der Waals surface area (Å²) in [7, 11) is -2.97. The fraction of sp³-hybridized carbons (Fsp3) is 0.500. The van der Waals surface area contributed by atoms with Crippen LogP contribution >= 0.6 is 21.2 Å². The number of carbonyl (C=O) groups excluding carboxylic acids is 2. The molecule has 23 heavy (non-hydrogen) atoms. The first-order valence-electron chi connectivity index (χ1n) is 7.72. The Morgan fingerprint density at radius 3 is 1.91 bits per heavy atom. The molecule has 7 heteroatoms. The molecule has 1 fully saturated rings. The maximum absolute atomic E-state index is 12.4. The van der Waals surface area contributed by atoms with Crippen LogP contribution in [0.2, 0.25) is 0 Å². The van der Waals surface area contributed by atoms with Crippen LogP contribution in [-0.2, 0) is 7.01 Å². The van der Waals surface area contributed by atoms with Gasteiger partial charge in [0.05, 0.1) is 38.1 Å². The summed E-state index contributed by atoms with van der Waals surface area (Å²) in [6, 6.07) is 6.92. The van der Waals surface area contributed by atoms with Crippen molar-refractivity contribution in [2.45, 2.75) is 25.7 Å². The molecule has 1 saturated carbocycles. The highest BCUT2D eigenvalue weighted by atomic mass is 127. The van der Waals surface area contributed by atoms with Crippen LogP contribution in [0.15, 0.2) is 24.3 Å². The van der Waals surface area contributed by atoms with Gasteiger partial charge in [-0.15, -0.1) is 0 Å². The molecule has 0 spiro atoms. The molecule has 1 heterocycles. The standard InChI is InChI=1S/C16H18INO4S/c17-23(21,22)10-12-7-5-11(6-8-12)9-18-15(19)13-3-1-2-4-14(13)16(18)20/h1-4,11-12H,5-10H2. The minimum atomic E-state index is -2.97. The molecule has 1 aliphatic carbocycles. The zero-order valence-corrected chi connectivity index (χ0v) is 15.5. The van der Waals surface area contributed by atoms with Gasteiger partial charge >= 0.3 is 0 Å². The molecule has 1 aliphatic heterocycles. The fourth-order valence-corrected chi connectivity index (χ4v) is 5.95. The molecule has 0 bridgehead atoms. The van der Waals surface area contributed by atoms with Crippen molar-refractivity contribution in [1.29, 1.82) is 0 Å². The summed E-state index contributed by atoms with van der Waals surface area (Å²) in [5.41, 5.74) is 0.976. The van der Waals surface area contributed by atoms with E-state index in [2.05, 4.69) is 0 Å². The lowest BCUT2D eigenvalue weighted by Gasteiger charge is -2.30. The van der Waals surface area contributed by atoms with Crippen LogP contribution in [-0.4, -0.2) is 37.4 Å². The highest BCUT2D eigenvalue weighted by Gasteiger charge is 2.37. The first-order chi connectivity index (χ1) is 10.8. The van der Waals surface area contributed by atoms with E-state index in [-0.39, 0.29) is 29.4 Å². The minimum Gasteiger partial charge on any atom is -0.274 e. The lowest BCUT2D eigenvalue weighted by Crippen LogP contribution is -2.36. The highest BCUT2D eigenvalue weighted by Crippen LogP contribution is 2.33. The van der Waals surface area contributed by atoms with Gasteiger partial charge in [0.2, 0.25) is 7.01 Å². The van der Waals surface area contributed by atoms with Gasteiger partial charge in [0.15, 0.2) is 0 Å². The van der Waals surface area contributed by atoms with Crippen molar-refractivity contribution in [2.75, 3.05) is 12.3 Å². The summed E-state index contributed by atoms with van der Waals surface area (Å²) in [5.74, 6) is 0.290. The number of benzene rings is 1. The van der Waals surface area contributed by atoms with Crippen molar-refractivity contribution >= 4 is 40.0 Å². The number of fused-ring (bicyclic) bond motifs is 1. The van der Waals surface area contributed by atoms with Gasteiger partial charge in [-0.1, -0.05) is 12.1 Å². The van der Waals surface area contributed by atoms with Crippen molar-refractivity contribution < 1.29 is 18.0 Å². The molecule has 1 aromatic carbocycles. The zero-order chi connectivity index (χ0) is 16.6. The van der Waals surface area contributed by atoms with Crippen LogP contribution < -0.4 is 0 Å². The Morgan fingerprint density at radius 2 is 1.43 bits per heavy atom. The molecule has 0 N–H and O–H groups in total. The SMILES string of the molecule is O=C1c2ccccc2C(=O)N1CC1CCC(CS(=O)(=O)I)CC1. The largest absolute Gasteiger partial charge is 0.274 e. The first kappa shape index (κ1) is 16.9. The number of hydrogen-bond donors (Lipinski definition) is 0. The van der Waals surface area contributed by atoms with Crippen LogP contribution in [0.4, 0.5) is 0 Å². The summed E-state index contributed by atoms with van der Waals surface area (Å²) >= 11 is 1.50. The van der Waals surface area contributed by atoms with Gasteiger partial charge in [-0.2, -0.15) is 0 Å². The summed E-state index contributed by atoms with van der Waals surface area (Å²) in [6.45, 7) is 0.441. The molecule has 3 rings (SSSR count). The number of nitrogens with zero attached hydrogens (tertiary/aromatic N) is 1. The zero-order valence-electron chi connectivity index (χ0n) is 12.6. The van der Waals surface area contributed by atoms with Gasteiger partial charge in [-0.05, 0) is 49.7 Å². The summed E-state index contributed by atoms with van der Waals surface area (Å²) in [5, 5.41) is 0. The van der Waals surface area contributed by atoms with E-state index in [4.69, 9.17) is 0 Å². The van der Waals surface area contributed by atoms with E-state index in [1.54, 1.807) is 24.3 Å². The fourth-order valence-electron chi connectivity index (χ4n) is 3.53. The van der Waals surface area contributed by atoms with Gasteiger partial charge in [0, 0.05) is 6.54 Å². The summed E-state index contributed by atoms with van der Waals surface area (Å²) < 4.78 is 22.7. The predicted octanol–water partition coefficient (Wildman–Crippen LogP) is 2.85. The Morgan fingerprint density at radius 1 is 0.957 bits per heavy atom. The molecule has 0 unspecified atom stereocenters. The molecule has 1 aromatic rings. The van der Waals surface area contributed by atoms with Crippen LogP contribution in [0.3, 0.4) is 0 Å². The van der Waals surface area contributed by atoms with Crippen LogP contribution in [0.25, 0.3) is 0 Å². The Bertz CT molecular complexity index is 703. The third-order valence-corrected chi connectivity index (χ3v) is 6.67. The number of carbonyl (C=O) groups is 2. The van der Waals surface area contributed by atoms with E-state index in [0.29, 0.717) is 17.7 Å². The Balaban J connectivity index is 1.60. The van der Waals surface area contributed by atoms with Crippen LogP contribution in [0.1, 0.15) is 46.4 Å². The Kier molecular flexibility index (Phi) is 4.78. The molecule has 0 aromatic heterocycles. The lowest BCUT2D eigenvalue weighted by atomic mass is 9.82. The van der Waals surface area contributed by atoms with Crippen molar-refractivity contribution in [2.24, 2.45) is 11.8 Å². The van der Waals surface area contributed by atoms with Crippen molar-refractivity contribution in [1.82, 2.24) is 4.90 Å². The van der Waals surface area contributed by atoms with Gasteiger partial charge in [0.1, 0.15) is 0 Å². The third kappa shape index (κ3) is 3.76. The molecule has 2 aliphatic rings. The summed E-state index contributed by atoms with van der Waals surface area (Å²) in [6.07, 6.45) is 3.42. The normalized spacial score (nSPS) is 24.8. The van der Waals surface area contributed by atoms with Crippen molar-refractivity contribution in [3.05, 3.63) is 35.4 Å². The van der Waals surface area contributed by atoms with E-state index in [0.717, 1.165) is 25.7 Å². The number of halogens is 1. The van der Waals surface area contributed by atoms with E-state index in [1.807, 2.05) is 0 Å². The number of amides is 2. The lowest BCUT2D eigenvalue weighted by molar-refractivity contribution is 0.0612. The van der Waals surface area contributed by atoms with Crippen LogP contribution in [0, 0.1) is 11.8 Å². The van der Waals surface area contributed by atoms with Gasteiger partial charge in [-0.3, -0.25) is 14.5 Å². The van der Waals surface area contributed by atoms with Gasteiger partial charge in [-0.25, -0.2) is 8.42 Å². The second kappa shape index (κ2) is 6.51. The number of rotatable bonds is 4. The minimum absolute atomic E-state index is 0.204. The second-order valence-electron chi connectivity index (χ2n) is 6.36. The van der Waals surface area contributed by atoms with E-state index < -0.39 is 7.01 Å². The third-order valence-electron chi connectivity index (χ3n) is 4.72. The van der Waals surface area contributed by atoms with E-state index in [1.165, 1.54) is 26.1 Å². The Labute approximate surface area is 147 Å². The average molecular weight is 447 g/mol. The molecule has 0 atom stereocenters. The second-order valence-corrected chi connectivity index (χ2v) is 11.8. The predicted molar refractivity (Wildman–Crippen MR) is 95.1 cm³/mol. The van der Waals surface area contributed by atoms with E-state index >= 15 is 0 Å². The van der Waals surface area contributed by atoms with E-state index in [9.17, 15) is 18.0 Å². The monoisotopic (exact) mass is 447 g/mol. The number of hydrogen-bond acceptors (Lipinski definition) is 4. The maximum atomic E-state index is 12.4. The molecular formula is C16H18INO4S. The highest BCUT2D eigenvalue weighted by molar-refractivity contribution is 14.2. The topological polar surface area (TPSA) is 71.5 Å². The molecule has 2 amide bonds. The Hall–Kier alpha value is -0.960. The molecule has 124 valence electrons. The summed E-state index contributed by atoms with van der Waals surface area (Å²) in [4.78, 5) is 26.1. The molecular weight excluding hydrogens is 429 g/mol. The smallest absolute Gasteiger partial charge is 0.261 e. The molecule has 0 radical (unpaired) electrons. The molecule has 0 saturated heterocycles. The quantitative estimate of drug-likeness (QED) is 0.405. The maximum Gasteiger partial charge on any atom is 0.261 e. The van der Waals surface area contributed by atoms with Crippen molar-refractivity contribution in [3.8, 4) is 0 Å². The van der Waals surface area contributed by atoms with Crippen molar-refractivity contribution in [3.63, 3.8) is 0 Å². The van der Waals surface area contributed by atoms with Gasteiger partial charge in [0.25, 0.3) is 11.8 Å². The molecule has 5 nitrogen and oxygen atoms in total. The average Bonchev–Trinajstić information content (AvgIpc) is 2.73.